The summed E-state index contributed by atoms with van der Waals surface area (Å²) >= 11 is 0. The summed E-state index contributed by atoms with van der Waals surface area (Å²) in [6.45, 7) is 7.77. The molecule has 2 aliphatic rings. The standard InChI is InChI=1S/C21H32N4O3.ClH/c1-4-28-17-14-21(22,20(17,2)3)18(26)23-16-10-12-25(13-11-16)19(27)24-15-8-6-5-7-9-15;/h5-9,16-17H,4,10-14,22H2,1-3H3,(H,23,26)(H,24,27);1H. The van der Waals surface area contributed by atoms with Crippen LogP contribution in [0.2, 0.25) is 0 Å². The van der Waals surface area contributed by atoms with E-state index in [-0.39, 0.29) is 36.5 Å². The van der Waals surface area contributed by atoms with Gasteiger partial charge in [-0.3, -0.25) is 4.79 Å². The summed E-state index contributed by atoms with van der Waals surface area (Å²) in [6, 6.07) is 9.34. The fourth-order valence-electron chi connectivity index (χ4n) is 4.09. The Labute approximate surface area is 179 Å². The lowest BCUT2D eigenvalue weighted by Crippen LogP contribution is -2.76. The maximum absolute atomic E-state index is 12.9. The molecule has 0 aromatic heterocycles. The maximum atomic E-state index is 12.9. The lowest BCUT2D eigenvalue weighted by Gasteiger charge is -2.57. The molecule has 8 heteroatoms. The molecule has 0 bridgehead atoms. The molecule has 4 N–H and O–H groups in total. The molecule has 1 aliphatic carbocycles. The molecule has 2 fully saturated rings. The number of urea groups is 1. The van der Waals surface area contributed by atoms with Crippen molar-refractivity contribution in [2.45, 2.75) is 57.7 Å². The van der Waals surface area contributed by atoms with Crippen LogP contribution in [0.4, 0.5) is 10.5 Å². The number of nitrogens with zero attached hydrogens (tertiary/aromatic N) is 1. The van der Waals surface area contributed by atoms with E-state index in [1.54, 1.807) is 4.90 Å². The van der Waals surface area contributed by atoms with Crippen molar-refractivity contribution in [3.63, 3.8) is 0 Å². The Morgan fingerprint density at radius 2 is 1.83 bits per heavy atom. The van der Waals surface area contributed by atoms with E-state index in [2.05, 4.69) is 10.6 Å². The van der Waals surface area contributed by atoms with Gasteiger partial charge < -0.3 is 26.0 Å². The van der Waals surface area contributed by atoms with Crippen LogP contribution in [0, 0.1) is 5.41 Å². The van der Waals surface area contributed by atoms with Crippen molar-refractivity contribution in [3.8, 4) is 0 Å². The van der Waals surface area contributed by atoms with Crippen molar-refractivity contribution >= 4 is 30.0 Å². The largest absolute Gasteiger partial charge is 0.378 e. The predicted molar refractivity (Wildman–Crippen MR) is 116 cm³/mol. The number of nitrogens with one attached hydrogen (secondary N) is 2. The first-order valence-electron chi connectivity index (χ1n) is 10.1. The summed E-state index contributed by atoms with van der Waals surface area (Å²) < 4.78 is 5.71. The van der Waals surface area contributed by atoms with Gasteiger partial charge >= 0.3 is 6.03 Å². The minimum atomic E-state index is -0.908. The Balaban J connectivity index is 0.00000300. The second-order valence-corrected chi connectivity index (χ2v) is 8.37. The van der Waals surface area contributed by atoms with Crippen LogP contribution in [-0.2, 0) is 9.53 Å². The topological polar surface area (TPSA) is 96.7 Å². The third-order valence-corrected chi connectivity index (χ3v) is 6.38. The van der Waals surface area contributed by atoms with Gasteiger partial charge in [-0.1, -0.05) is 32.0 Å². The zero-order valence-corrected chi connectivity index (χ0v) is 18.3. The molecule has 1 aromatic rings. The molecule has 0 radical (unpaired) electrons. The van der Waals surface area contributed by atoms with E-state index in [0.29, 0.717) is 26.1 Å². The Hall–Kier alpha value is -1.83. The molecular formula is C21H33ClN4O3. The number of carbonyl (C=O) groups excluding carboxylic acids is 2. The first kappa shape index (κ1) is 23.4. The van der Waals surface area contributed by atoms with E-state index in [1.807, 2.05) is 51.1 Å². The SMILES string of the molecule is CCOC1CC(N)(C(=O)NC2CCN(C(=O)Nc3ccccc3)CC2)C1(C)C.Cl. The van der Waals surface area contributed by atoms with E-state index in [0.717, 1.165) is 18.5 Å². The van der Waals surface area contributed by atoms with Gasteiger partial charge in [-0.15, -0.1) is 12.4 Å². The molecule has 1 heterocycles. The quantitative estimate of drug-likeness (QED) is 0.677. The highest BCUT2D eigenvalue weighted by Crippen LogP contribution is 2.49. The van der Waals surface area contributed by atoms with Crippen molar-refractivity contribution in [1.29, 1.82) is 0 Å². The van der Waals surface area contributed by atoms with Crippen LogP contribution in [0.5, 0.6) is 0 Å². The monoisotopic (exact) mass is 424 g/mol. The molecule has 1 aromatic carbocycles. The minimum Gasteiger partial charge on any atom is -0.378 e. The number of halogens is 1. The van der Waals surface area contributed by atoms with Crippen molar-refractivity contribution in [2.24, 2.45) is 11.1 Å². The van der Waals surface area contributed by atoms with Crippen LogP contribution in [0.25, 0.3) is 0 Å². The van der Waals surface area contributed by atoms with Crippen molar-refractivity contribution < 1.29 is 14.3 Å². The number of piperidine rings is 1. The van der Waals surface area contributed by atoms with Crippen LogP contribution in [-0.4, -0.2) is 54.2 Å². The zero-order valence-electron chi connectivity index (χ0n) is 17.4. The Bertz CT molecular complexity index is 707. The fraction of sp³-hybridized carbons (Fsp3) is 0.619. The number of hydrogen-bond acceptors (Lipinski definition) is 4. The van der Waals surface area contributed by atoms with Crippen molar-refractivity contribution in [2.75, 3.05) is 25.0 Å². The molecule has 1 saturated carbocycles. The van der Waals surface area contributed by atoms with Crippen LogP contribution in [0.15, 0.2) is 30.3 Å². The number of benzene rings is 1. The summed E-state index contributed by atoms with van der Waals surface area (Å²) in [5.41, 5.74) is 5.93. The second kappa shape index (κ2) is 9.32. The van der Waals surface area contributed by atoms with E-state index >= 15 is 0 Å². The average molecular weight is 425 g/mol. The van der Waals surface area contributed by atoms with Gasteiger partial charge in [0.05, 0.1) is 6.10 Å². The number of nitrogens with two attached hydrogens (primary N) is 1. The molecule has 2 atom stereocenters. The highest BCUT2D eigenvalue weighted by Gasteiger charge is 2.63. The molecular weight excluding hydrogens is 392 g/mol. The number of likely N-dealkylation sites (tertiary alicyclic amines) is 1. The molecule has 1 saturated heterocycles. The van der Waals surface area contributed by atoms with Gasteiger partial charge in [0.15, 0.2) is 0 Å². The van der Waals surface area contributed by atoms with Crippen LogP contribution >= 0.6 is 12.4 Å². The molecule has 29 heavy (non-hydrogen) atoms. The maximum Gasteiger partial charge on any atom is 0.321 e. The molecule has 7 nitrogen and oxygen atoms in total. The van der Waals surface area contributed by atoms with Gasteiger partial charge in [0.25, 0.3) is 0 Å². The van der Waals surface area contributed by atoms with Crippen LogP contribution < -0.4 is 16.4 Å². The van der Waals surface area contributed by atoms with Gasteiger partial charge in [-0.25, -0.2) is 4.79 Å². The molecule has 0 spiro atoms. The van der Waals surface area contributed by atoms with Crippen LogP contribution in [0.1, 0.15) is 40.0 Å². The number of carbonyl (C=O) groups is 2. The van der Waals surface area contributed by atoms with Gasteiger partial charge in [0.2, 0.25) is 5.91 Å². The number of para-hydroxylation sites is 1. The molecule has 3 amide bonds. The summed E-state index contributed by atoms with van der Waals surface area (Å²) in [7, 11) is 0. The zero-order chi connectivity index (χ0) is 20.4. The highest BCUT2D eigenvalue weighted by molar-refractivity contribution is 5.90. The summed E-state index contributed by atoms with van der Waals surface area (Å²) in [5, 5.41) is 6.01. The summed E-state index contributed by atoms with van der Waals surface area (Å²) in [4.78, 5) is 27.0. The molecule has 2 unspecified atom stereocenters. The van der Waals surface area contributed by atoms with E-state index in [1.165, 1.54) is 0 Å². The van der Waals surface area contributed by atoms with Gasteiger partial charge in [0.1, 0.15) is 5.54 Å². The van der Waals surface area contributed by atoms with Crippen LogP contribution in [0.3, 0.4) is 0 Å². The van der Waals surface area contributed by atoms with E-state index < -0.39 is 11.0 Å². The average Bonchev–Trinajstić information content (AvgIpc) is 2.69. The van der Waals surface area contributed by atoms with Gasteiger partial charge in [-0.05, 0) is 31.9 Å². The number of amides is 3. The molecule has 1 aliphatic heterocycles. The van der Waals surface area contributed by atoms with E-state index in [9.17, 15) is 9.59 Å². The third kappa shape index (κ3) is 4.68. The predicted octanol–water partition coefficient (Wildman–Crippen LogP) is 2.75. The van der Waals surface area contributed by atoms with E-state index in [4.69, 9.17) is 10.5 Å². The minimum absolute atomic E-state index is 0. The molecule has 3 rings (SSSR count). The van der Waals surface area contributed by atoms with Crippen molar-refractivity contribution in [3.05, 3.63) is 30.3 Å². The van der Waals surface area contributed by atoms with Gasteiger partial charge in [0, 0.05) is 43.3 Å². The summed E-state index contributed by atoms with van der Waals surface area (Å²) in [6.07, 6.45) is 1.99. The summed E-state index contributed by atoms with van der Waals surface area (Å²) in [5.74, 6) is -0.111. The Morgan fingerprint density at radius 1 is 1.21 bits per heavy atom. The second-order valence-electron chi connectivity index (χ2n) is 8.37. The molecule has 162 valence electrons. The van der Waals surface area contributed by atoms with Crippen molar-refractivity contribution in [1.82, 2.24) is 10.2 Å². The number of ether oxygens (including phenoxy) is 1. The van der Waals surface area contributed by atoms with Gasteiger partial charge in [-0.2, -0.15) is 0 Å². The normalized spacial score (nSPS) is 26.1. The lowest BCUT2D eigenvalue weighted by atomic mass is 9.54. The first-order chi connectivity index (χ1) is 13.3. The lowest BCUT2D eigenvalue weighted by molar-refractivity contribution is -0.171. The third-order valence-electron chi connectivity index (χ3n) is 6.38. The number of hydrogen-bond donors (Lipinski definition) is 3. The number of rotatable bonds is 5. The smallest absolute Gasteiger partial charge is 0.321 e. The fourth-order valence-corrected chi connectivity index (χ4v) is 4.09. The Kier molecular flexibility index (Phi) is 7.54. The Morgan fingerprint density at radius 3 is 2.38 bits per heavy atom. The first-order valence-corrected chi connectivity index (χ1v) is 10.1. The number of anilines is 1. The highest BCUT2D eigenvalue weighted by atomic mass is 35.5.